The zero-order valence-electron chi connectivity index (χ0n) is 8.72. The van der Waals surface area contributed by atoms with Gasteiger partial charge in [0.1, 0.15) is 0 Å². The van der Waals surface area contributed by atoms with Gasteiger partial charge in [0, 0.05) is 0 Å². The molecule has 0 rings (SSSR count). The molecule has 0 aromatic heterocycles. The van der Waals surface area contributed by atoms with Crippen LogP contribution in [0.3, 0.4) is 0 Å². The van der Waals surface area contributed by atoms with Crippen LogP contribution < -0.4 is 0 Å². The minimum atomic E-state index is 0.900. The maximum Gasteiger partial charge on any atom is -0.0319 e. The highest BCUT2D eigenvalue weighted by Gasteiger charge is 2.00. The Hall–Kier alpha value is -0.520. The molecular formula is C12H22. The van der Waals surface area contributed by atoms with E-state index in [9.17, 15) is 0 Å². The summed E-state index contributed by atoms with van der Waals surface area (Å²) in [6.07, 6.45) is 13.8. The van der Waals surface area contributed by atoms with Crippen molar-refractivity contribution >= 4 is 0 Å². The van der Waals surface area contributed by atoms with Gasteiger partial charge in [-0.25, -0.2) is 0 Å². The summed E-state index contributed by atoms with van der Waals surface area (Å²) in [5, 5.41) is 0. The smallest absolute Gasteiger partial charge is 0.0319 e. The molecule has 1 atom stereocenters. The highest BCUT2D eigenvalue weighted by Crippen LogP contribution is 2.15. The lowest BCUT2D eigenvalue weighted by atomic mass is 9.97. The van der Waals surface area contributed by atoms with Crippen LogP contribution in [0, 0.1) is 5.92 Å². The Bertz CT molecular complexity index is 131. The Balaban J connectivity index is 3.56. The highest BCUT2D eigenvalue weighted by molar-refractivity contribution is 5.01. The molecule has 0 spiro atoms. The van der Waals surface area contributed by atoms with E-state index >= 15 is 0 Å². The molecule has 0 aliphatic heterocycles. The molecule has 0 aliphatic carbocycles. The summed E-state index contributed by atoms with van der Waals surface area (Å²) >= 11 is 0. The SMILES string of the molecule is CC=CC=CCC(CC)CCC. The van der Waals surface area contributed by atoms with E-state index in [-0.39, 0.29) is 0 Å². The van der Waals surface area contributed by atoms with E-state index in [1.165, 1.54) is 25.7 Å². The lowest BCUT2D eigenvalue weighted by molar-refractivity contribution is 0.470. The van der Waals surface area contributed by atoms with E-state index in [2.05, 4.69) is 38.2 Å². The summed E-state index contributed by atoms with van der Waals surface area (Å²) in [6, 6.07) is 0. The van der Waals surface area contributed by atoms with Crippen LogP contribution >= 0.6 is 0 Å². The van der Waals surface area contributed by atoms with E-state index < -0.39 is 0 Å². The Morgan fingerprint density at radius 1 is 1.17 bits per heavy atom. The molecule has 0 nitrogen and oxygen atoms in total. The molecule has 0 bridgehead atoms. The first kappa shape index (κ1) is 11.5. The zero-order valence-corrected chi connectivity index (χ0v) is 8.72. The van der Waals surface area contributed by atoms with Gasteiger partial charge in [0.15, 0.2) is 0 Å². The summed E-state index contributed by atoms with van der Waals surface area (Å²) in [5.41, 5.74) is 0. The highest BCUT2D eigenvalue weighted by atomic mass is 14.1. The fourth-order valence-electron chi connectivity index (χ4n) is 1.36. The van der Waals surface area contributed by atoms with E-state index in [4.69, 9.17) is 0 Å². The van der Waals surface area contributed by atoms with Crippen molar-refractivity contribution in [2.45, 2.75) is 46.5 Å². The quantitative estimate of drug-likeness (QED) is 0.515. The van der Waals surface area contributed by atoms with E-state index in [1.807, 2.05) is 6.92 Å². The van der Waals surface area contributed by atoms with Crippen LogP contribution in [-0.4, -0.2) is 0 Å². The molecule has 0 N–H and O–H groups in total. The molecular weight excluding hydrogens is 144 g/mol. The predicted octanol–water partition coefficient (Wildman–Crippen LogP) is 4.34. The standard InChI is InChI=1S/C12H22/c1-4-7-8-9-11-12(6-3)10-5-2/h4,7-9,12H,5-6,10-11H2,1-3H3. The van der Waals surface area contributed by atoms with E-state index in [0.29, 0.717) is 0 Å². The maximum absolute atomic E-state index is 2.28. The van der Waals surface area contributed by atoms with Crippen molar-refractivity contribution in [3.8, 4) is 0 Å². The van der Waals surface area contributed by atoms with Gasteiger partial charge in [-0.2, -0.15) is 0 Å². The summed E-state index contributed by atoms with van der Waals surface area (Å²) in [7, 11) is 0. The van der Waals surface area contributed by atoms with Crippen molar-refractivity contribution in [3.05, 3.63) is 24.3 Å². The van der Waals surface area contributed by atoms with E-state index in [0.717, 1.165) is 5.92 Å². The summed E-state index contributed by atoms with van der Waals surface area (Å²) < 4.78 is 0. The van der Waals surface area contributed by atoms with Gasteiger partial charge in [-0.15, -0.1) is 0 Å². The van der Waals surface area contributed by atoms with Gasteiger partial charge in [-0.1, -0.05) is 57.4 Å². The number of rotatable bonds is 6. The second kappa shape index (κ2) is 8.58. The van der Waals surface area contributed by atoms with Crippen LogP contribution in [0.4, 0.5) is 0 Å². The summed E-state index contributed by atoms with van der Waals surface area (Å²) in [4.78, 5) is 0. The van der Waals surface area contributed by atoms with Crippen LogP contribution in [-0.2, 0) is 0 Å². The summed E-state index contributed by atoms with van der Waals surface area (Å²) in [6.45, 7) is 6.59. The van der Waals surface area contributed by atoms with Crippen molar-refractivity contribution in [1.29, 1.82) is 0 Å². The van der Waals surface area contributed by atoms with Gasteiger partial charge >= 0.3 is 0 Å². The van der Waals surface area contributed by atoms with Gasteiger partial charge in [0.2, 0.25) is 0 Å². The van der Waals surface area contributed by atoms with Gasteiger partial charge in [-0.05, 0) is 19.3 Å². The number of allylic oxidation sites excluding steroid dienone is 4. The second-order valence-electron chi connectivity index (χ2n) is 3.25. The maximum atomic E-state index is 2.28. The van der Waals surface area contributed by atoms with Crippen LogP contribution in [0.2, 0.25) is 0 Å². The number of hydrogen-bond acceptors (Lipinski definition) is 0. The first-order chi connectivity index (χ1) is 5.85. The van der Waals surface area contributed by atoms with Crippen LogP contribution in [0.25, 0.3) is 0 Å². The third kappa shape index (κ3) is 6.21. The Morgan fingerprint density at radius 2 is 1.92 bits per heavy atom. The molecule has 0 aromatic rings. The average Bonchev–Trinajstić information content (AvgIpc) is 2.10. The molecule has 0 fully saturated rings. The zero-order chi connectivity index (χ0) is 9.23. The molecule has 0 saturated carbocycles. The van der Waals surface area contributed by atoms with Crippen molar-refractivity contribution in [3.63, 3.8) is 0 Å². The minimum Gasteiger partial charge on any atom is -0.0877 e. The molecule has 0 saturated heterocycles. The minimum absolute atomic E-state index is 0.900. The summed E-state index contributed by atoms with van der Waals surface area (Å²) in [5.74, 6) is 0.900. The molecule has 1 unspecified atom stereocenters. The number of hydrogen-bond donors (Lipinski definition) is 0. The van der Waals surface area contributed by atoms with Gasteiger partial charge < -0.3 is 0 Å². The Labute approximate surface area is 77.4 Å². The predicted molar refractivity (Wildman–Crippen MR) is 57.3 cm³/mol. The third-order valence-corrected chi connectivity index (χ3v) is 2.18. The third-order valence-electron chi connectivity index (χ3n) is 2.18. The van der Waals surface area contributed by atoms with Crippen LogP contribution in [0.5, 0.6) is 0 Å². The van der Waals surface area contributed by atoms with Gasteiger partial charge in [0.25, 0.3) is 0 Å². The first-order valence-corrected chi connectivity index (χ1v) is 5.12. The van der Waals surface area contributed by atoms with Crippen molar-refractivity contribution in [1.82, 2.24) is 0 Å². The van der Waals surface area contributed by atoms with Crippen molar-refractivity contribution < 1.29 is 0 Å². The second-order valence-corrected chi connectivity index (χ2v) is 3.25. The molecule has 0 radical (unpaired) electrons. The molecule has 0 amide bonds. The van der Waals surface area contributed by atoms with Crippen LogP contribution in [0.15, 0.2) is 24.3 Å². The van der Waals surface area contributed by atoms with Crippen LogP contribution in [0.1, 0.15) is 46.5 Å². The molecule has 0 aromatic carbocycles. The van der Waals surface area contributed by atoms with Gasteiger partial charge in [0.05, 0.1) is 0 Å². The first-order valence-electron chi connectivity index (χ1n) is 5.12. The molecule has 12 heavy (non-hydrogen) atoms. The van der Waals surface area contributed by atoms with Gasteiger partial charge in [-0.3, -0.25) is 0 Å². The van der Waals surface area contributed by atoms with Crippen molar-refractivity contribution in [2.24, 2.45) is 5.92 Å². The van der Waals surface area contributed by atoms with E-state index in [1.54, 1.807) is 0 Å². The fourth-order valence-corrected chi connectivity index (χ4v) is 1.36. The molecule has 70 valence electrons. The normalized spacial score (nSPS) is 14.6. The van der Waals surface area contributed by atoms with Crippen molar-refractivity contribution in [2.75, 3.05) is 0 Å². The lowest BCUT2D eigenvalue weighted by Gasteiger charge is -2.09. The monoisotopic (exact) mass is 166 g/mol. The fraction of sp³-hybridized carbons (Fsp3) is 0.667. The molecule has 0 heteroatoms. The Kier molecular flexibility index (Phi) is 8.20. The average molecular weight is 166 g/mol. The largest absolute Gasteiger partial charge is 0.0877 e. The molecule has 0 heterocycles. The lowest BCUT2D eigenvalue weighted by Crippen LogP contribution is -1.95. The Morgan fingerprint density at radius 3 is 2.42 bits per heavy atom. The molecule has 0 aliphatic rings. The topological polar surface area (TPSA) is 0 Å².